The van der Waals surface area contributed by atoms with E-state index in [9.17, 15) is 0 Å². The lowest BCUT2D eigenvalue weighted by atomic mass is 9.66. The summed E-state index contributed by atoms with van der Waals surface area (Å²) in [5.41, 5.74) is 9.28. The fraction of sp³-hybridized carbons (Fsp3) is 0.231. The Hall–Kier alpha value is -4.37. The second kappa shape index (κ2) is 6.65. The molecule has 0 bridgehead atoms. The van der Waals surface area contributed by atoms with Crippen LogP contribution in [0.3, 0.4) is 0 Å². The Kier molecular flexibility index (Phi) is 3.68. The number of hydrogen-bond acceptors (Lipinski definition) is 0. The second-order valence-corrected chi connectivity index (χ2v) is 13.9. The molecule has 2 aromatic heterocycles. The first-order valence-electron chi connectivity index (χ1n) is 15.1. The highest BCUT2D eigenvalue weighted by atomic mass is 19.1. The van der Waals surface area contributed by atoms with E-state index >= 15 is 4.39 Å². The lowest BCUT2D eigenvalue weighted by molar-refractivity contribution is -0.795. The third kappa shape index (κ3) is 2.01. The summed E-state index contributed by atoms with van der Waals surface area (Å²) in [6.07, 6.45) is 4.61. The van der Waals surface area contributed by atoms with E-state index in [1.807, 2.05) is 0 Å². The van der Waals surface area contributed by atoms with Gasteiger partial charge >= 0.3 is 0 Å². The number of aromatic nitrogens is 2. The van der Waals surface area contributed by atoms with Gasteiger partial charge < -0.3 is 0 Å². The minimum absolute atomic E-state index is 0.111. The van der Waals surface area contributed by atoms with Gasteiger partial charge in [0.25, 0.3) is 11.1 Å². The Morgan fingerprint density at radius 2 is 1.40 bits per heavy atom. The number of pyridine rings is 2. The molecule has 0 N–H and O–H groups in total. The summed E-state index contributed by atoms with van der Waals surface area (Å²) in [6, 6.07) is 30.7. The second-order valence-electron chi connectivity index (χ2n) is 13.9. The van der Waals surface area contributed by atoms with Gasteiger partial charge in [-0.25, -0.2) is 4.39 Å². The molecule has 3 heteroatoms. The first kappa shape index (κ1) is 23.2. The first-order chi connectivity index (χ1) is 20.2. The zero-order valence-corrected chi connectivity index (χ0v) is 24.5. The fourth-order valence-corrected chi connectivity index (χ4v) is 10.3. The Balaban J connectivity index is 1.45. The number of rotatable bonds is 0. The van der Waals surface area contributed by atoms with Crippen molar-refractivity contribution in [3.05, 3.63) is 131 Å². The zero-order chi connectivity index (χ0) is 28.6. The van der Waals surface area contributed by atoms with Gasteiger partial charge in [-0.05, 0) is 53.9 Å². The van der Waals surface area contributed by atoms with Crippen LogP contribution in [-0.2, 0) is 21.9 Å². The minimum atomic E-state index is -0.459. The number of fused-ring (bicyclic) bond motifs is 12. The largest absolute Gasteiger partial charge is 0.275 e. The van der Waals surface area contributed by atoms with Crippen LogP contribution in [0.4, 0.5) is 4.39 Å². The van der Waals surface area contributed by atoms with Crippen LogP contribution in [-0.4, -0.2) is 0 Å². The maximum Gasteiger partial charge on any atom is 0.275 e. The first-order valence-corrected chi connectivity index (χ1v) is 15.1. The molecule has 0 saturated heterocycles. The van der Waals surface area contributed by atoms with Gasteiger partial charge in [0.1, 0.15) is 11.2 Å². The molecule has 1 fully saturated rings. The summed E-state index contributed by atoms with van der Waals surface area (Å²) >= 11 is 0. The molecule has 2 aliphatic heterocycles. The van der Waals surface area contributed by atoms with Gasteiger partial charge in [0.05, 0.1) is 21.9 Å². The van der Waals surface area contributed by atoms with Crippen molar-refractivity contribution in [3.63, 3.8) is 0 Å². The molecule has 6 aromatic rings. The maximum atomic E-state index is 16.2. The van der Waals surface area contributed by atoms with Crippen molar-refractivity contribution in [1.82, 2.24) is 0 Å². The molecule has 202 valence electrons. The maximum absolute atomic E-state index is 16.2. The number of hydrogen-bond donors (Lipinski definition) is 0. The molecule has 0 radical (unpaired) electrons. The number of aryl methyl sites for hydroxylation is 1. The highest BCUT2D eigenvalue weighted by Gasteiger charge is 3.01. The molecule has 3 atom stereocenters. The molecule has 3 unspecified atom stereocenters. The highest BCUT2D eigenvalue weighted by Crippen LogP contribution is 2.78. The predicted molar refractivity (Wildman–Crippen MR) is 164 cm³/mol. The Labute approximate surface area is 244 Å². The third-order valence-corrected chi connectivity index (χ3v) is 12.1. The van der Waals surface area contributed by atoms with Crippen LogP contribution in [0.1, 0.15) is 55.5 Å². The Morgan fingerprint density at radius 1 is 0.667 bits per heavy atom. The summed E-state index contributed by atoms with van der Waals surface area (Å²) in [4.78, 5) is 0. The van der Waals surface area contributed by atoms with Crippen LogP contribution in [0.25, 0.3) is 44.1 Å². The van der Waals surface area contributed by atoms with Gasteiger partial charge in [0.15, 0.2) is 12.4 Å². The molecule has 1 saturated carbocycles. The van der Waals surface area contributed by atoms with Gasteiger partial charge in [0, 0.05) is 35.6 Å². The van der Waals surface area contributed by atoms with Gasteiger partial charge in [-0.3, -0.25) is 0 Å². The highest BCUT2D eigenvalue weighted by molar-refractivity contribution is 6.02. The van der Waals surface area contributed by atoms with Crippen LogP contribution in [0.5, 0.6) is 0 Å². The van der Waals surface area contributed by atoms with E-state index in [2.05, 4.69) is 135 Å². The van der Waals surface area contributed by atoms with E-state index in [0.717, 1.165) is 11.1 Å². The normalized spacial score (nSPS) is 26.3. The molecule has 10 rings (SSSR count). The van der Waals surface area contributed by atoms with E-state index in [1.165, 1.54) is 60.8 Å². The SMILES string of the molecule is Cc1ccc2c(c1)-c1c3ccccc3cc[n+]1C21C2(C)c3ccc(F)c4c3-c3c5c(cccc5cc[n+]3C21C)C4(C)C. The topological polar surface area (TPSA) is 7.76 Å². The molecule has 4 aliphatic rings. The number of nitrogens with zero attached hydrogens (tertiary/aromatic N) is 2. The fourth-order valence-electron chi connectivity index (χ4n) is 10.3. The summed E-state index contributed by atoms with van der Waals surface area (Å²) < 4.78 is 21.3. The van der Waals surface area contributed by atoms with E-state index in [-0.39, 0.29) is 22.3 Å². The van der Waals surface area contributed by atoms with Crippen molar-refractivity contribution in [3.8, 4) is 22.5 Å². The van der Waals surface area contributed by atoms with E-state index < -0.39 is 5.41 Å². The van der Waals surface area contributed by atoms with E-state index in [0.29, 0.717) is 0 Å². The molecule has 4 heterocycles. The monoisotopic (exact) mass is 546 g/mol. The Bertz CT molecular complexity index is 2300. The van der Waals surface area contributed by atoms with Crippen LogP contribution >= 0.6 is 0 Å². The van der Waals surface area contributed by atoms with Crippen molar-refractivity contribution in [1.29, 1.82) is 0 Å². The zero-order valence-electron chi connectivity index (χ0n) is 24.5. The molecule has 2 nitrogen and oxygen atoms in total. The van der Waals surface area contributed by atoms with E-state index in [1.54, 1.807) is 6.07 Å². The summed E-state index contributed by atoms with van der Waals surface area (Å²) in [5.74, 6) is -0.111. The van der Waals surface area contributed by atoms with E-state index in [4.69, 9.17) is 0 Å². The quantitative estimate of drug-likeness (QED) is 0.172. The smallest absolute Gasteiger partial charge is 0.207 e. The van der Waals surface area contributed by atoms with Crippen molar-refractivity contribution in [2.24, 2.45) is 0 Å². The molecule has 4 aromatic carbocycles. The van der Waals surface area contributed by atoms with Crippen molar-refractivity contribution in [2.75, 3.05) is 0 Å². The predicted octanol–water partition coefficient (Wildman–Crippen LogP) is 7.75. The average Bonchev–Trinajstić information content (AvgIpc) is 3.28. The molecule has 42 heavy (non-hydrogen) atoms. The third-order valence-electron chi connectivity index (χ3n) is 12.1. The summed E-state index contributed by atoms with van der Waals surface area (Å²) in [5, 5.41) is 5.01. The molecular formula is C39H31FN2+2. The Morgan fingerprint density at radius 3 is 2.26 bits per heavy atom. The van der Waals surface area contributed by atoms with Crippen molar-refractivity contribution in [2.45, 2.75) is 56.5 Å². The van der Waals surface area contributed by atoms with Gasteiger partial charge in [-0.15, -0.1) is 0 Å². The number of halogens is 1. The molecule has 2 aliphatic carbocycles. The van der Waals surface area contributed by atoms with Gasteiger partial charge in [0.2, 0.25) is 11.4 Å². The summed E-state index contributed by atoms with van der Waals surface area (Å²) in [7, 11) is 0. The van der Waals surface area contributed by atoms with Crippen LogP contribution < -0.4 is 9.13 Å². The molecule has 0 amide bonds. The standard InChI is InChI=1S/C39H31FN2/c1-22-13-14-27-26(21-22)34-25-11-7-6-9-23(25)17-20-42(34)39(27)37(4)29-15-16-30(40)33-32(29)35-31-24(18-19-41(35)38(37,39)5)10-8-12-28(31)36(33,2)3/h6-21H,1-5H3/q+2. The number of benzene rings is 4. The van der Waals surface area contributed by atoms with Crippen LogP contribution in [0.2, 0.25) is 0 Å². The average molecular weight is 547 g/mol. The molecule has 1 spiro atoms. The van der Waals surface area contributed by atoms with Crippen LogP contribution in [0.15, 0.2) is 97.3 Å². The molecular weight excluding hydrogens is 515 g/mol. The van der Waals surface area contributed by atoms with Crippen molar-refractivity contribution < 1.29 is 13.5 Å². The summed E-state index contributed by atoms with van der Waals surface area (Å²) in [6.45, 7) is 11.5. The lowest BCUT2D eigenvalue weighted by Crippen LogP contribution is -2.59. The minimum Gasteiger partial charge on any atom is -0.207 e. The van der Waals surface area contributed by atoms with Gasteiger partial charge in [-0.1, -0.05) is 74.0 Å². The lowest BCUT2D eigenvalue weighted by Gasteiger charge is -2.37. The van der Waals surface area contributed by atoms with Crippen LogP contribution in [0, 0.1) is 12.7 Å². The van der Waals surface area contributed by atoms with Crippen molar-refractivity contribution >= 4 is 21.5 Å². The van der Waals surface area contributed by atoms with Gasteiger partial charge in [-0.2, -0.15) is 9.13 Å².